The Balaban J connectivity index is 2.01. The molecule has 1 saturated heterocycles. The Bertz CT molecular complexity index is 447. The fourth-order valence-corrected chi connectivity index (χ4v) is 2.42. The number of carbonyl (C=O) groups excluding carboxylic acids is 1. The molecule has 1 aliphatic rings. The molecule has 0 bridgehead atoms. The Morgan fingerprint density at radius 3 is 2.79 bits per heavy atom. The van der Waals surface area contributed by atoms with E-state index in [4.69, 9.17) is 9.47 Å². The van der Waals surface area contributed by atoms with Crippen LogP contribution in [-0.2, 0) is 9.47 Å². The van der Waals surface area contributed by atoms with E-state index in [-0.39, 0.29) is 12.1 Å². The zero-order chi connectivity index (χ0) is 13.8. The molecular weight excluding hydrogens is 240 g/mol. The summed E-state index contributed by atoms with van der Waals surface area (Å²) >= 11 is 0. The first-order valence-corrected chi connectivity index (χ1v) is 6.96. The van der Waals surface area contributed by atoms with Crippen LogP contribution in [0.15, 0.2) is 18.2 Å². The molecule has 1 aromatic rings. The van der Waals surface area contributed by atoms with Crippen molar-refractivity contribution in [2.24, 2.45) is 0 Å². The van der Waals surface area contributed by atoms with Crippen LogP contribution < -0.4 is 0 Å². The number of benzene rings is 1. The first-order valence-electron chi connectivity index (χ1n) is 6.96. The van der Waals surface area contributed by atoms with Crippen LogP contribution in [0.5, 0.6) is 0 Å². The van der Waals surface area contributed by atoms with E-state index >= 15 is 0 Å². The van der Waals surface area contributed by atoms with Crippen molar-refractivity contribution in [3.05, 3.63) is 34.9 Å². The van der Waals surface area contributed by atoms with Gasteiger partial charge < -0.3 is 9.47 Å². The molecule has 1 aliphatic heterocycles. The van der Waals surface area contributed by atoms with Crippen LogP contribution in [0.25, 0.3) is 0 Å². The lowest BCUT2D eigenvalue weighted by atomic mass is 10.00. The van der Waals surface area contributed by atoms with Crippen molar-refractivity contribution in [3.63, 3.8) is 0 Å². The van der Waals surface area contributed by atoms with E-state index in [0.717, 1.165) is 37.0 Å². The quantitative estimate of drug-likeness (QED) is 0.780. The van der Waals surface area contributed by atoms with Crippen LogP contribution in [0.3, 0.4) is 0 Å². The van der Waals surface area contributed by atoms with Crippen molar-refractivity contribution in [1.82, 2.24) is 0 Å². The second-order valence-corrected chi connectivity index (χ2v) is 5.26. The molecule has 1 fully saturated rings. The second-order valence-electron chi connectivity index (χ2n) is 5.26. The number of hydrogen-bond donors (Lipinski definition) is 0. The van der Waals surface area contributed by atoms with Gasteiger partial charge in [0.1, 0.15) is 6.10 Å². The van der Waals surface area contributed by atoms with Crippen LogP contribution in [0, 0.1) is 13.8 Å². The number of Topliss-reactive ketones (excluding diaryl/α,β-unsaturated/α-hetero) is 1. The maximum absolute atomic E-state index is 12.4. The SMILES string of the molecule is Cc1ccc(C(=O)[C@@H](C)OC2CCCCO2)c(C)c1. The topological polar surface area (TPSA) is 35.5 Å². The molecule has 2 atom stereocenters. The summed E-state index contributed by atoms with van der Waals surface area (Å²) in [6, 6.07) is 5.87. The van der Waals surface area contributed by atoms with Gasteiger partial charge in [0, 0.05) is 12.2 Å². The summed E-state index contributed by atoms with van der Waals surface area (Å²) in [6.45, 7) is 6.52. The predicted octanol–water partition coefficient (Wildman–Crippen LogP) is 3.42. The summed E-state index contributed by atoms with van der Waals surface area (Å²) < 4.78 is 11.2. The molecule has 0 spiro atoms. The lowest BCUT2D eigenvalue weighted by Gasteiger charge is -2.25. The van der Waals surface area contributed by atoms with Crippen molar-refractivity contribution in [1.29, 1.82) is 0 Å². The minimum atomic E-state index is -0.454. The zero-order valence-corrected chi connectivity index (χ0v) is 11.9. The van der Waals surface area contributed by atoms with Crippen LogP contribution in [0.1, 0.15) is 47.7 Å². The summed E-state index contributed by atoms with van der Waals surface area (Å²) in [5, 5.41) is 0. The Labute approximate surface area is 114 Å². The van der Waals surface area contributed by atoms with Gasteiger partial charge in [-0.2, -0.15) is 0 Å². The van der Waals surface area contributed by atoms with Crippen LogP contribution in [-0.4, -0.2) is 24.8 Å². The minimum Gasteiger partial charge on any atom is -0.353 e. The van der Waals surface area contributed by atoms with E-state index in [2.05, 4.69) is 0 Å². The zero-order valence-electron chi connectivity index (χ0n) is 11.9. The number of carbonyl (C=O) groups is 1. The van der Waals surface area contributed by atoms with E-state index in [1.165, 1.54) is 5.56 Å². The highest BCUT2D eigenvalue weighted by Gasteiger charge is 2.23. The Morgan fingerprint density at radius 2 is 2.16 bits per heavy atom. The second kappa shape index (κ2) is 6.31. The molecule has 1 heterocycles. The summed E-state index contributed by atoms with van der Waals surface area (Å²) in [5.74, 6) is 0.0340. The van der Waals surface area contributed by atoms with Crippen molar-refractivity contribution in [2.45, 2.75) is 52.4 Å². The van der Waals surface area contributed by atoms with Gasteiger partial charge in [-0.3, -0.25) is 4.79 Å². The third-order valence-electron chi connectivity index (χ3n) is 3.51. The standard InChI is InChI=1S/C16H22O3/c1-11-7-8-14(12(2)10-11)16(17)13(3)19-15-6-4-5-9-18-15/h7-8,10,13,15H,4-6,9H2,1-3H3/t13-,15?/m1/s1. The largest absolute Gasteiger partial charge is 0.353 e. The number of aryl methyl sites for hydroxylation is 2. The number of ketones is 1. The Hall–Kier alpha value is -1.19. The van der Waals surface area contributed by atoms with Crippen molar-refractivity contribution in [3.8, 4) is 0 Å². The molecule has 0 aliphatic carbocycles. The molecule has 0 saturated carbocycles. The number of rotatable bonds is 4. The van der Waals surface area contributed by atoms with E-state index in [0.29, 0.717) is 0 Å². The molecule has 2 rings (SSSR count). The maximum Gasteiger partial charge on any atom is 0.191 e. The first kappa shape index (κ1) is 14.2. The van der Waals surface area contributed by atoms with Crippen LogP contribution in [0.2, 0.25) is 0 Å². The molecule has 3 nitrogen and oxygen atoms in total. The molecule has 1 aromatic carbocycles. The molecule has 0 aromatic heterocycles. The Kier molecular flexibility index (Phi) is 4.72. The summed E-state index contributed by atoms with van der Waals surface area (Å²) in [4.78, 5) is 12.4. The molecule has 0 N–H and O–H groups in total. The molecule has 1 unspecified atom stereocenters. The van der Waals surface area contributed by atoms with Gasteiger partial charge in [-0.1, -0.05) is 23.8 Å². The highest BCUT2D eigenvalue weighted by molar-refractivity contribution is 6.00. The van der Waals surface area contributed by atoms with Gasteiger partial charge in [0.05, 0.1) is 0 Å². The van der Waals surface area contributed by atoms with Gasteiger partial charge in [0.15, 0.2) is 12.1 Å². The average Bonchev–Trinajstić information content (AvgIpc) is 2.39. The van der Waals surface area contributed by atoms with Gasteiger partial charge in [-0.25, -0.2) is 0 Å². The third-order valence-corrected chi connectivity index (χ3v) is 3.51. The fourth-order valence-electron chi connectivity index (χ4n) is 2.42. The average molecular weight is 262 g/mol. The van der Waals surface area contributed by atoms with E-state index in [1.807, 2.05) is 32.0 Å². The monoisotopic (exact) mass is 262 g/mol. The van der Waals surface area contributed by atoms with Gasteiger partial charge in [-0.15, -0.1) is 0 Å². The molecular formula is C16H22O3. The molecule has 19 heavy (non-hydrogen) atoms. The normalized spacial score (nSPS) is 21.1. The fraction of sp³-hybridized carbons (Fsp3) is 0.562. The molecule has 104 valence electrons. The van der Waals surface area contributed by atoms with E-state index in [1.54, 1.807) is 6.92 Å². The summed E-state index contributed by atoms with van der Waals surface area (Å²) in [6.07, 6.45) is 2.39. The van der Waals surface area contributed by atoms with Crippen molar-refractivity contribution >= 4 is 5.78 Å². The number of hydrogen-bond acceptors (Lipinski definition) is 3. The van der Waals surface area contributed by atoms with Crippen molar-refractivity contribution in [2.75, 3.05) is 6.61 Å². The third kappa shape index (κ3) is 3.64. The first-order chi connectivity index (χ1) is 9.08. The van der Waals surface area contributed by atoms with Gasteiger partial charge in [0.25, 0.3) is 0 Å². The number of ether oxygens (including phenoxy) is 2. The molecule has 3 heteroatoms. The van der Waals surface area contributed by atoms with Crippen LogP contribution in [0.4, 0.5) is 0 Å². The van der Waals surface area contributed by atoms with Gasteiger partial charge in [-0.05, 0) is 45.6 Å². The summed E-state index contributed by atoms with van der Waals surface area (Å²) in [7, 11) is 0. The summed E-state index contributed by atoms with van der Waals surface area (Å²) in [5.41, 5.74) is 2.91. The van der Waals surface area contributed by atoms with E-state index in [9.17, 15) is 4.79 Å². The lowest BCUT2D eigenvalue weighted by Crippen LogP contribution is -2.31. The molecule has 0 radical (unpaired) electrons. The lowest BCUT2D eigenvalue weighted by molar-refractivity contribution is -0.174. The predicted molar refractivity (Wildman–Crippen MR) is 74.4 cm³/mol. The highest BCUT2D eigenvalue weighted by atomic mass is 16.7. The Morgan fingerprint density at radius 1 is 1.37 bits per heavy atom. The minimum absolute atomic E-state index is 0.0340. The molecule has 0 amide bonds. The van der Waals surface area contributed by atoms with Crippen LogP contribution >= 0.6 is 0 Å². The van der Waals surface area contributed by atoms with Crippen molar-refractivity contribution < 1.29 is 14.3 Å². The van der Waals surface area contributed by atoms with Gasteiger partial charge >= 0.3 is 0 Å². The van der Waals surface area contributed by atoms with Gasteiger partial charge in [0.2, 0.25) is 0 Å². The maximum atomic E-state index is 12.4. The highest BCUT2D eigenvalue weighted by Crippen LogP contribution is 2.19. The smallest absolute Gasteiger partial charge is 0.191 e. The van der Waals surface area contributed by atoms with E-state index < -0.39 is 6.10 Å².